The van der Waals surface area contributed by atoms with Crippen molar-refractivity contribution in [1.82, 2.24) is 9.36 Å². The van der Waals surface area contributed by atoms with E-state index in [4.69, 9.17) is 4.74 Å². The number of rotatable bonds is 4. The van der Waals surface area contributed by atoms with Crippen molar-refractivity contribution in [2.45, 2.75) is 26.4 Å². The Morgan fingerprint density at radius 2 is 2.23 bits per heavy atom. The Morgan fingerprint density at radius 1 is 1.54 bits per heavy atom. The number of nitrogens with one attached hydrogen (secondary N) is 1. The maximum Gasteiger partial charge on any atom is 0.202 e. The van der Waals surface area contributed by atoms with Crippen molar-refractivity contribution in [3.8, 4) is 0 Å². The lowest BCUT2D eigenvalue weighted by Gasteiger charge is -2.20. The van der Waals surface area contributed by atoms with Gasteiger partial charge in [0.1, 0.15) is 5.60 Å². The lowest BCUT2D eigenvalue weighted by Crippen LogP contribution is -2.23. The average Bonchev–Trinajstić information content (AvgIpc) is 2.52. The molecule has 1 aromatic rings. The largest absolute Gasteiger partial charge is 0.368 e. The van der Waals surface area contributed by atoms with E-state index in [1.165, 1.54) is 11.5 Å². The summed E-state index contributed by atoms with van der Waals surface area (Å²) >= 11 is 1.35. The molecule has 74 valence electrons. The highest BCUT2D eigenvalue weighted by atomic mass is 32.1. The molecular formula is C8H15N3OS. The van der Waals surface area contributed by atoms with Gasteiger partial charge in [0.2, 0.25) is 5.13 Å². The number of hydrogen-bond donors (Lipinski definition) is 1. The van der Waals surface area contributed by atoms with Crippen LogP contribution in [0.4, 0.5) is 5.13 Å². The van der Waals surface area contributed by atoms with E-state index in [1.54, 1.807) is 0 Å². The van der Waals surface area contributed by atoms with Gasteiger partial charge in [0.15, 0.2) is 5.82 Å². The summed E-state index contributed by atoms with van der Waals surface area (Å²) in [6.45, 7) is 6.57. The molecule has 4 nitrogen and oxygen atoms in total. The van der Waals surface area contributed by atoms with Crippen molar-refractivity contribution in [1.29, 1.82) is 0 Å². The average molecular weight is 201 g/mol. The molecule has 5 heteroatoms. The fraction of sp³-hybridized carbons (Fsp3) is 0.750. The number of nitrogens with zero attached hydrogens (tertiary/aromatic N) is 2. The Morgan fingerprint density at radius 3 is 2.69 bits per heavy atom. The molecule has 1 heterocycles. The summed E-state index contributed by atoms with van der Waals surface area (Å²) in [6.07, 6.45) is 0. The molecule has 0 atom stereocenters. The van der Waals surface area contributed by atoms with Crippen LogP contribution in [0.5, 0.6) is 0 Å². The molecule has 0 saturated heterocycles. The van der Waals surface area contributed by atoms with Crippen LogP contribution >= 0.6 is 11.5 Å². The highest BCUT2D eigenvalue weighted by Gasteiger charge is 2.25. The number of hydrogen-bond acceptors (Lipinski definition) is 5. The third-order valence-electron chi connectivity index (χ3n) is 1.68. The second-order valence-electron chi connectivity index (χ2n) is 3.12. The van der Waals surface area contributed by atoms with E-state index >= 15 is 0 Å². The van der Waals surface area contributed by atoms with Gasteiger partial charge in [-0.25, -0.2) is 4.98 Å². The number of anilines is 1. The molecule has 0 saturated carbocycles. The second kappa shape index (κ2) is 4.02. The number of ether oxygens (including phenoxy) is 1. The summed E-state index contributed by atoms with van der Waals surface area (Å²) in [7, 11) is 1.83. The van der Waals surface area contributed by atoms with Crippen LogP contribution in [-0.4, -0.2) is 23.0 Å². The van der Waals surface area contributed by atoms with E-state index in [1.807, 2.05) is 27.8 Å². The quantitative estimate of drug-likeness (QED) is 0.807. The van der Waals surface area contributed by atoms with Gasteiger partial charge in [-0.2, -0.15) is 4.37 Å². The molecule has 13 heavy (non-hydrogen) atoms. The monoisotopic (exact) mass is 201 g/mol. The third kappa shape index (κ3) is 2.38. The van der Waals surface area contributed by atoms with Crippen LogP contribution in [0.15, 0.2) is 0 Å². The van der Waals surface area contributed by atoms with Gasteiger partial charge in [-0.05, 0) is 20.8 Å². The van der Waals surface area contributed by atoms with Crippen molar-refractivity contribution < 1.29 is 4.74 Å². The van der Waals surface area contributed by atoms with Crippen molar-refractivity contribution in [3.05, 3.63) is 5.82 Å². The predicted octanol–water partition coefficient (Wildman–Crippen LogP) is 1.85. The zero-order valence-corrected chi connectivity index (χ0v) is 9.23. The molecule has 0 bridgehead atoms. The zero-order chi connectivity index (χ0) is 9.90. The van der Waals surface area contributed by atoms with E-state index in [2.05, 4.69) is 14.7 Å². The Hall–Kier alpha value is -0.680. The van der Waals surface area contributed by atoms with E-state index in [0.717, 1.165) is 11.0 Å². The molecule has 0 spiro atoms. The molecule has 1 rings (SSSR count). The number of aromatic nitrogens is 2. The molecule has 1 aromatic heterocycles. The summed E-state index contributed by atoms with van der Waals surface area (Å²) in [5.41, 5.74) is -0.389. The molecule has 1 N–H and O–H groups in total. The van der Waals surface area contributed by atoms with Gasteiger partial charge in [-0.1, -0.05) is 0 Å². The van der Waals surface area contributed by atoms with E-state index < -0.39 is 0 Å². The molecule has 0 aromatic carbocycles. The van der Waals surface area contributed by atoms with Gasteiger partial charge >= 0.3 is 0 Å². The third-order valence-corrected chi connectivity index (χ3v) is 2.42. The minimum Gasteiger partial charge on any atom is -0.368 e. The summed E-state index contributed by atoms with van der Waals surface area (Å²) in [6, 6.07) is 0. The fourth-order valence-electron chi connectivity index (χ4n) is 0.995. The van der Waals surface area contributed by atoms with Crippen LogP contribution in [-0.2, 0) is 10.3 Å². The first kappa shape index (κ1) is 10.4. The molecule has 0 radical (unpaired) electrons. The first-order valence-electron chi connectivity index (χ1n) is 4.26. The summed E-state index contributed by atoms with van der Waals surface area (Å²) < 4.78 is 9.75. The Bertz CT molecular complexity index is 272. The van der Waals surface area contributed by atoms with Gasteiger partial charge in [-0.3, -0.25) is 0 Å². The smallest absolute Gasteiger partial charge is 0.202 e. The first-order chi connectivity index (χ1) is 6.10. The topological polar surface area (TPSA) is 47.0 Å². The van der Waals surface area contributed by atoms with Gasteiger partial charge in [0, 0.05) is 25.2 Å². The summed E-state index contributed by atoms with van der Waals surface area (Å²) in [5.74, 6) is 0.740. The first-order valence-corrected chi connectivity index (χ1v) is 5.03. The van der Waals surface area contributed by atoms with Crippen LogP contribution in [0.1, 0.15) is 26.6 Å². The van der Waals surface area contributed by atoms with Crippen LogP contribution in [0.3, 0.4) is 0 Å². The molecule has 0 aliphatic carbocycles. The van der Waals surface area contributed by atoms with Crippen LogP contribution in [0.2, 0.25) is 0 Å². The van der Waals surface area contributed by atoms with E-state index in [9.17, 15) is 0 Å². The minimum atomic E-state index is -0.389. The minimum absolute atomic E-state index is 0.389. The molecule has 0 fully saturated rings. The second-order valence-corrected chi connectivity index (χ2v) is 3.87. The summed E-state index contributed by atoms with van der Waals surface area (Å²) in [5, 5.41) is 3.77. The fourth-order valence-corrected chi connectivity index (χ4v) is 1.65. The van der Waals surface area contributed by atoms with Crippen molar-refractivity contribution >= 4 is 16.7 Å². The van der Waals surface area contributed by atoms with Crippen molar-refractivity contribution in [2.75, 3.05) is 19.0 Å². The van der Waals surface area contributed by atoms with E-state index in [0.29, 0.717) is 6.61 Å². The van der Waals surface area contributed by atoms with Gasteiger partial charge < -0.3 is 10.1 Å². The summed E-state index contributed by atoms with van der Waals surface area (Å²) in [4.78, 5) is 4.29. The lowest BCUT2D eigenvalue weighted by atomic mass is 10.1. The van der Waals surface area contributed by atoms with Crippen molar-refractivity contribution in [3.63, 3.8) is 0 Å². The maximum absolute atomic E-state index is 5.53. The normalized spacial score (nSPS) is 11.7. The van der Waals surface area contributed by atoms with Crippen LogP contribution < -0.4 is 5.32 Å². The maximum atomic E-state index is 5.53. The standard InChI is InChI=1S/C8H15N3OS/c1-5-12-8(2,3)6-10-7(9-4)13-11-6/h5H2,1-4H3,(H,9,10,11). The molecular weight excluding hydrogens is 186 g/mol. The Balaban J connectivity index is 2.80. The van der Waals surface area contributed by atoms with Gasteiger partial charge in [0.05, 0.1) is 0 Å². The van der Waals surface area contributed by atoms with Crippen LogP contribution in [0.25, 0.3) is 0 Å². The highest BCUT2D eigenvalue weighted by Crippen LogP contribution is 2.24. The van der Waals surface area contributed by atoms with Gasteiger partial charge in [-0.15, -0.1) is 0 Å². The lowest BCUT2D eigenvalue weighted by molar-refractivity contribution is -0.0198. The van der Waals surface area contributed by atoms with E-state index in [-0.39, 0.29) is 5.60 Å². The SMILES string of the molecule is CCOC(C)(C)c1nsc(NC)n1. The molecule has 0 aliphatic rings. The van der Waals surface area contributed by atoms with Crippen LogP contribution in [0, 0.1) is 0 Å². The zero-order valence-electron chi connectivity index (χ0n) is 8.42. The Labute approximate surface area is 82.5 Å². The molecule has 0 aliphatic heterocycles. The molecule has 0 unspecified atom stereocenters. The highest BCUT2D eigenvalue weighted by molar-refractivity contribution is 7.09. The Kier molecular flexibility index (Phi) is 3.22. The van der Waals surface area contributed by atoms with Crippen molar-refractivity contribution in [2.24, 2.45) is 0 Å². The molecule has 0 amide bonds. The van der Waals surface area contributed by atoms with Gasteiger partial charge in [0.25, 0.3) is 0 Å². The predicted molar refractivity (Wildman–Crippen MR) is 54.1 cm³/mol.